The monoisotopic (exact) mass is 246 g/mol. The van der Waals surface area contributed by atoms with Crippen LogP contribution in [0.1, 0.15) is 32.6 Å². The first kappa shape index (κ1) is 13.0. The molecule has 0 bridgehead atoms. The van der Waals surface area contributed by atoms with E-state index in [1.165, 1.54) is 6.20 Å². The van der Waals surface area contributed by atoms with Crippen molar-refractivity contribution in [2.75, 3.05) is 12.3 Å². The third kappa shape index (κ3) is 3.49. The molecule has 0 aromatic carbocycles. The average Bonchev–Trinajstić information content (AvgIpc) is 2.65. The van der Waals surface area contributed by atoms with E-state index < -0.39 is 10.0 Å². The van der Waals surface area contributed by atoms with Crippen molar-refractivity contribution in [3.63, 3.8) is 0 Å². The van der Waals surface area contributed by atoms with E-state index in [0.29, 0.717) is 6.54 Å². The molecule has 1 heterocycles. The number of hydrogen-bond donors (Lipinski definition) is 3. The minimum atomic E-state index is -3.50. The highest BCUT2D eigenvalue weighted by atomic mass is 32.2. The first-order chi connectivity index (χ1) is 7.58. The van der Waals surface area contributed by atoms with Crippen molar-refractivity contribution in [1.82, 2.24) is 14.9 Å². The van der Waals surface area contributed by atoms with Crippen molar-refractivity contribution in [2.24, 2.45) is 0 Å². The number of sulfonamides is 1. The minimum absolute atomic E-state index is 0.0167. The van der Waals surface area contributed by atoms with E-state index >= 15 is 0 Å². The summed E-state index contributed by atoms with van der Waals surface area (Å²) in [5.74, 6) is 0.0704. The van der Waals surface area contributed by atoms with Gasteiger partial charge in [-0.15, -0.1) is 0 Å². The standard InChI is InChI=1S/C9H18N4O2S/c1-2-3-4-5-6-12-16(14,15)8-7-11-13-9(8)10/h7,12H,2-6H2,1H3,(H3,10,11,13). The smallest absolute Gasteiger partial charge is 0.245 e. The van der Waals surface area contributed by atoms with Gasteiger partial charge in [0.05, 0.1) is 6.20 Å². The molecule has 16 heavy (non-hydrogen) atoms. The van der Waals surface area contributed by atoms with Crippen LogP contribution in [0.5, 0.6) is 0 Å². The van der Waals surface area contributed by atoms with E-state index in [1.807, 2.05) is 0 Å². The number of H-pyrrole nitrogens is 1. The van der Waals surface area contributed by atoms with Crippen LogP contribution in [-0.4, -0.2) is 25.2 Å². The van der Waals surface area contributed by atoms with Gasteiger partial charge in [-0.05, 0) is 6.42 Å². The number of aromatic amines is 1. The van der Waals surface area contributed by atoms with Crippen molar-refractivity contribution < 1.29 is 8.42 Å². The highest BCUT2D eigenvalue weighted by molar-refractivity contribution is 7.89. The van der Waals surface area contributed by atoms with Gasteiger partial charge in [0.25, 0.3) is 0 Å². The Morgan fingerprint density at radius 1 is 1.44 bits per heavy atom. The lowest BCUT2D eigenvalue weighted by Gasteiger charge is -2.04. The lowest BCUT2D eigenvalue weighted by molar-refractivity contribution is 0.574. The van der Waals surface area contributed by atoms with E-state index in [0.717, 1.165) is 25.7 Å². The SMILES string of the molecule is CCCCCCNS(=O)(=O)c1cn[nH]c1N. The fraction of sp³-hybridized carbons (Fsp3) is 0.667. The zero-order chi connectivity index (χ0) is 12.0. The summed E-state index contributed by atoms with van der Waals surface area (Å²) in [6.45, 7) is 2.54. The van der Waals surface area contributed by atoms with Gasteiger partial charge in [-0.25, -0.2) is 13.1 Å². The maximum absolute atomic E-state index is 11.7. The largest absolute Gasteiger partial charge is 0.383 e. The number of nitrogens with one attached hydrogen (secondary N) is 2. The quantitative estimate of drug-likeness (QED) is 0.621. The number of rotatable bonds is 7. The molecule has 0 fully saturated rings. The summed E-state index contributed by atoms with van der Waals surface area (Å²) >= 11 is 0. The Morgan fingerprint density at radius 3 is 2.75 bits per heavy atom. The van der Waals surface area contributed by atoms with Gasteiger partial charge < -0.3 is 5.73 Å². The van der Waals surface area contributed by atoms with Crippen molar-refractivity contribution in [3.8, 4) is 0 Å². The van der Waals surface area contributed by atoms with Crippen molar-refractivity contribution >= 4 is 15.8 Å². The van der Waals surface area contributed by atoms with E-state index in [1.54, 1.807) is 0 Å². The molecule has 6 nitrogen and oxygen atoms in total. The molecule has 4 N–H and O–H groups in total. The lowest BCUT2D eigenvalue weighted by Crippen LogP contribution is -2.25. The summed E-state index contributed by atoms with van der Waals surface area (Å²) in [5, 5.41) is 5.97. The van der Waals surface area contributed by atoms with Crippen LogP contribution in [0.15, 0.2) is 11.1 Å². The molecule has 0 unspecified atom stereocenters. The van der Waals surface area contributed by atoms with E-state index in [-0.39, 0.29) is 10.7 Å². The summed E-state index contributed by atoms with van der Waals surface area (Å²) in [4.78, 5) is 0.0167. The molecule has 1 rings (SSSR count). The first-order valence-electron chi connectivity index (χ1n) is 5.36. The Balaban J connectivity index is 2.45. The molecular weight excluding hydrogens is 228 g/mol. The summed E-state index contributed by atoms with van der Waals surface area (Å²) in [7, 11) is -3.50. The van der Waals surface area contributed by atoms with E-state index in [9.17, 15) is 8.42 Å². The Bertz CT molecular complexity index is 413. The second-order valence-corrected chi connectivity index (χ2v) is 5.34. The molecule has 1 aromatic heterocycles. The van der Waals surface area contributed by atoms with Crippen LogP contribution in [0, 0.1) is 0 Å². The molecule has 0 aliphatic carbocycles. The summed E-state index contributed by atoms with van der Waals surface area (Å²) in [5.41, 5.74) is 5.44. The molecule has 0 aliphatic heterocycles. The normalized spacial score (nSPS) is 11.8. The fourth-order valence-electron chi connectivity index (χ4n) is 1.34. The zero-order valence-electron chi connectivity index (χ0n) is 9.36. The Kier molecular flexibility index (Phi) is 4.75. The number of hydrogen-bond acceptors (Lipinski definition) is 4. The third-order valence-corrected chi connectivity index (χ3v) is 3.73. The number of aromatic nitrogens is 2. The number of nitrogens with zero attached hydrogens (tertiary/aromatic N) is 1. The highest BCUT2D eigenvalue weighted by Crippen LogP contribution is 2.13. The molecule has 0 spiro atoms. The first-order valence-corrected chi connectivity index (χ1v) is 6.84. The predicted molar refractivity (Wildman–Crippen MR) is 62.3 cm³/mol. The molecule has 92 valence electrons. The molecule has 0 radical (unpaired) electrons. The van der Waals surface area contributed by atoms with Gasteiger partial charge in [-0.2, -0.15) is 5.10 Å². The van der Waals surface area contributed by atoms with Gasteiger partial charge in [0, 0.05) is 6.54 Å². The van der Waals surface area contributed by atoms with Crippen LogP contribution in [0.4, 0.5) is 5.82 Å². The Hall–Kier alpha value is -1.08. The number of anilines is 1. The van der Waals surface area contributed by atoms with Gasteiger partial charge in [-0.3, -0.25) is 5.10 Å². The Labute approximate surface area is 95.7 Å². The topological polar surface area (TPSA) is 101 Å². The maximum atomic E-state index is 11.7. The third-order valence-electron chi connectivity index (χ3n) is 2.24. The summed E-state index contributed by atoms with van der Waals surface area (Å²) in [6, 6.07) is 0. The van der Waals surface area contributed by atoms with Gasteiger partial charge in [0.15, 0.2) is 0 Å². The van der Waals surface area contributed by atoms with E-state index in [4.69, 9.17) is 5.73 Å². The summed E-state index contributed by atoms with van der Waals surface area (Å²) < 4.78 is 25.9. The molecule has 0 amide bonds. The number of nitrogen functional groups attached to an aromatic ring is 1. The minimum Gasteiger partial charge on any atom is -0.383 e. The van der Waals surface area contributed by atoms with Crippen molar-refractivity contribution in [3.05, 3.63) is 6.20 Å². The molecule has 1 aromatic rings. The molecule has 0 saturated heterocycles. The second kappa shape index (κ2) is 5.86. The van der Waals surface area contributed by atoms with Crippen molar-refractivity contribution in [2.45, 2.75) is 37.5 Å². The summed E-state index contributed by atoms with van der Waals surface area (Å²) in [6.07, 6.45) is 5.32. The average molecular weight is 246 g/mol. The van der Waals surface area contributed by atoms with Crippen LogP contribution in [0.2, 0.25) is 0 Å². The van der Waals surface area contributed by atoms with Crippen LogP contribution in [0.3, 0.4) is 0 Å². The van der Waals surface area contributed by atoms with Crippen LogP contribution in [-0.2, 0) is 10.0 Å². The number of nitrogens with two attached hydrogens (primary N) is 1. The van der Waals surface area contributed by atoms with E-state index in [2.05, 4.69) is 21.8 Å². The predicted octanol–water partition coefficient (Wildman–Crippen LogP) is 0.851. The molecule has 0 aliphatic rings. The highest BCUT2D eigenvalue weighted by Gasteiger charge is 2.18. The zero-order valence-corrected chi connectivity index (χ0v) is 10.2. The number of unbranched alkanes of at least 4 members (excludes halogenated alkanes) is 3. The molecule has 7 heteroatoms. The van der Waals surface area contributed by atoms with Gasteiger partial charge >= 0.3 is 0 Å². The van der Waals surface area contributed by atoms with Crippen LogP contribution >= 0.6 is 0 Å². The van der Waals surface area contributed by atoms with Crippen LogP contribution in [0.25, 0.3) is 0 Å². The van der Waals surface area contributed by atoms with Gasteiger partial charge in [0.2, 0.25) is 10.0 Å². The van der Waals surface area contributed by atoms with Crippen molar-refractivity contribution in [1.29, 1.82) is 0 Å². The van der Waals surface area contributed by atoms with Gasteiger partial charge in [-0.1, -0.05) is 26.2 Å². The molecule has 0 saturated carbocycles. The second-order valence-electron chi connectivity index (χ2n) is 3.61. The molecule has 0 atom stereocenters. The molecular formula is C9H18N4O2S. The maximum Gasteiger partial charge on any atom is 0.245 e. The van der Waals surface area contributed by atoms with Gasteiger partial charge in [0.1, 0.15) is 10.7 Å². The van der Waals surface area contributed by atoms with Crippen LogP contribution < -0.4 is 10.5 Å². The lowest BCUT2D eigenvalue weighted by atomic mass is 10.2. The fourth-order valence-corrected chi connectivity index (χ4v) is 2.43. The Morgan fingerprint density at radius 2 is 2.19 bits per heavy atom.